The van der Waals surface area contributed by atoms with E-state index < -0.39 is 0 Å². The fourth-order valence-corrected chi connectivity index (χ4v) is 1.42. The van der Waals surface area contributed by atoms with Crippen LogP contribution < -0.4 is 0 Å². The van der Waals surface area contributed by atoms with Gasteiger partial charge in [0.25, 0.3) is 0 Å². The first-order valence-electron chi connectivity index (χ1n) is 4.36. The largest absolute Gasteiger partial charge is 0.198 e. The standard InChI is InChI=1S/C11H11N/c12-8-7-9-1-3-10(4-2-9)11-5-6-11/h1-4,11H,5-7H2. The minimum absolute atomic E-state index is 0.533. The quantitative estimate of drug-likeness (QED) is 0.647. The first-order valence-corrected chi connectivity index (χ1v) is 4.36. The molecule has 0 aliphatic heterocycles. The third-order valence-electron chi connectivity index (χ3n) is 2.31. The third-order valence-corrected chi connectivity index (χ3v) is 2.31. The topological polar surface area (TPSA) is 23.8 Å². The number of nitrogens with zero attached hydrogens (tertiary/aromatic N) is 1. The minimum Gasteiger partial charge on any atom is -0.198 e. The molecule has 1 saturated carbocycles. The Morgan fingerprint density at radius 1 is 1.25 bits per heavy atom. The van der Waals surface area contributed by atoms with Gasteiger partial charge in [-0.3, -0.25) is 0 Å². The fraction of sp³-hybridized carbons (Fsp3) is 0.364. The van der Waals surface area contributed by atoms with Gasteiger partial charge in [0, 0.05) is 0 Å². The van der Waals surface area contributed by atoms with Crippen LogP contribution in [0, 0.1) is 11.3 Å². The predicted molar refractivity (Wildman–Crippen MR) is 47.7 cm³/mol. The lowest BCUT2D eigenvalue weighted by Gasteiger charge is -1.98. The van der Waals surface area contributed by atoms with E-state index in [1.165, 1.54) is 18.4 Å². The van der Waals surface area contributed by atoms with Crippen molar-refractivity contribution in [3.8, 4) is 6.07 Å². The van der Waals surface area contributed by atoms with Crippen LogP contribution in [0.4, 0.5) is 0 Å². The molecular weight excluding hydrogens is 146 g/mol. The lowest BCUT2D eigenvalue weighted by atomic mass is 10.1. The van der Waals surface area contributed by atoms with Crippen molar-refractivity contribution in [1.29, 1.82) is 5.26 Å². The zero-order valence-corrected chi connectivity index (χ0v) is 6.96. The summed E-state index contributed by atoms with van der Waals surface area (Å²) in [4.78, 5) is 0. The van der Waals surface area contributed by atoms with Gasteiger partial charge in [0.15, 0.2) is 0 Å². The number of benzene rings is 1. The summed E-state index contributed by atoms with van der Waals surface area (Å²) in [5.41, 5.74) is 2.57. The van der Waals surface area contributed by atoms with Crippen LogP contribution in [0.1, 0.15) is 29.9 Å². The van der Waals surface area contributed by atoms with E-state index in [2.05, 4.69) is 30.3 Å². The Balaban J connectivity index is 2.14. The van der Waals surface area contributed by atoms with E-state index in [9.17, 15) is 0 Å². The summed E-state index contributed by atoms with van der Waals surface area (Å²) in [5, 5.41) is 8.46. The molecule has 1 fully saturated rings. The maximum atomic E-state index is 8.46. The van der Waals surface area contributed by atoms with Gasteiger partial charge in [0.05, 0.1) is 12.5 Å². The Morgan fingerprint density at radius 3 is 2.42 bits per heavy atom. The van der Waals surface area contributed by atoms with Crippen molar-refractivity contribution < 1.29 is 0 Å². The Hall–Kier alpha value is -1.29. The molecule has 0 saturated heterocycles. The van der Waals surface area contributed by atoms with Crippen LogP contribution in [0.15, 0.2) is 24.3 Å². The minimum atomic E-state index is 0.533. The van der Waals surface area contributed by atoms with Crippen molar-refractivity contribution in [2.75, 3.05) is 0 Å². The van der Waals surface area contributed by atoms with Crippen LogP contribution >= 0.6 is 0 Å². The molecule has 1 nitrogen and oxygen atoms in total. The van der Waals surface area contributed by atoms with E-state index in [0.29, 0.717) is 6.42 Å². The molecule has 60 valence electrons. The highest BCUT2D eigenvalue weighted by Crippen LogP contribution is 2.39. The number of hydrogen-bond acceptors (Lipinski definition) is 1. The zero-order chi connectivity index (χ0) is 8.39. The van der Waals surface area contributed by atoms with Crippen molar-refractivity contribution in [3.05, 3.63) is 35.4 Å². The molecule has 1 aromatic rings. The van der Waals surface area contributed by atoms with Gasteiger partial charge in [-0.25, -0.2) is 0 Å². The van der Waals surface area contributed by atoms with Crippen molar-refractivity contribution in [1.82, 2.24) is 0 Å². The summed E-state index contributed by atoms with van der Waals surface area (Å²) in [5.74, 6) is 0.820. The molecule has 0 atom stereocenters. The highest BCUT2D eigenvalue weighted by atomic mass is 14.3. The SMILES string of the molecule is N#CCc1ccc(C2CC2)cc1. The second-order valence-electron chi connectivity index (χ2n) is 3.35. The summed E-state index contributed by atoms with van der Waals surface area (Å²) >= 11 is 0. The van der Waals surface area contributed by atoms with Crippen molar-refractivity contribution >= 4 is 0 Å². The summed E-state index contributed by atoms with van der Waals surface area (Å²) in [6.45, 7) is 0. The van der Waals surface area contributed by atoms with E-state index in [1.54, 1.807) is 0 Å². The molecule has 0 N–H and O–H groups in total. The van der Waals surface area contributed by atoms with Gasteiger partial charge >= 0.3 is 0 Å². The van der Waals surface area contributed by atoms with Crippen LogP contribution in [0.25, 0.3) is 0 Å². The summed E-state index contributed by atoms with van der Waals surface area (Å²) in [6.07, 6.45) is 3.22. The Bertz CT molecular complexity index is 301. The second-order valence-corrected chi connectivity index (χ2v) is 3.35. The molecule has 1 aliphatic rings. The smallest absolute Gasteiger partial charge is 0.0669 e. The molecule has 1 aromatic carbocycles. The first-order chi connectivity index (χ1) is 5.90. The molecule has 0 radical (unpaired) electrons. The molecule has 0 bridgehead atoms. The van der Waals surface area contributed by atoms with E-state index in [4.69, 9.17) is 5.26 Å². The van der Waals surface area contributed by atoms with Gasteiger partial charge in [-0.2, -0.15) is 5.26 Å². The van der Waals surface area contributed by atoms with E-state index >= 15 is 0 Å². The number of hydrogen-bond donors (Lipinski definition) is 0. The Kier molecular flexibility index (Phi) is 1.83. The molecule has 0 amide bonds. The molecule has 1 heteroatoms. The molecule has 1 aliphatic carbocycles. The predicted octanol–water partition coefficient (Wildman–Crippen LogP) is 2.63. The summed E-state index contributed by atoms with van der Waals surface area (Å²) in [6, 6.07) is 10.6. The molecular formula is C11H11N. The average Bonchev–Trinajstić information content (AvgIpc) is 2.89. The number of rotatable bonds is 2. The van der Waals surface area contributed by atoms with Gasteiger partial charge in [0.1, 0.15) is 0 Å². The van der Waals surface area contributed by atoms with Gasteiger partial charge in [0.2, 0.25) is 0 Å². The summed E-state index contributed by atoms with van der Waals surface area (Å²) < 4.78 is 0. The van der Waals surface area contributed by atoms with Crippen LogP contribution in [0.3, 0.4) is 0 Å². The maximum Gasteiger partial charge on any atom is 0.0669 e. The second kappa shape index (κ2) is 2.98. The molecule has 12 heavy (non-hydrogen) atoms. The van der Waals surface area contributed by atoms with Crippen molar-refractivity contribution in [3.63, 3.8) is 0 Å². The monoisotopic (exact) mass is 157 g/mol. The number of nitriles is 1. The van der Waals surface area contributed by atoms with Crippen molar-refractivity contribution in [2.45, 2.75) is 25.2 Å². The lowest BCUT2D eigenvalue weighted by molar-refractivity contribution is 1.12. The van der Waals surface area contributed by atoms with Crippen molar-refractivity contribution in [2.24, 2.45) is 0 Å². The highest BCUT2D eigenvalue weighted by Gasteiger charge is 2.22. The third kappa shape index (κ3) is 1.48. The summed E-state index contributed by atoms with van der Waals surface area (Å²) in [7, 11) is 0. The van der Waals surface area contributed by atoms with Crippen LogP contribution in [-0.2, 0) is 6.42 Å². The first kappa shape index (κ1) is 7.36. The van der Waals surface area contributed by atoms with Crippen LogP contribution in [0.5, 0.6) is 0 Å². The van der Waals surface area contributed by atoms with Crippen LogP contribution in [0.2, 0.25) is 0 Å². The molecule has 0 spiro atoms. The average molecular weight is 157 g/mol. The Labute approximate surface area is 72.6 Å². The van der Waals surface area contributed by atoms with E-state index in [1.807, 2.05) is 0 Å². The maximum absolute atomic E-state index is 8.46. The van der Waals surface area contributed by atoms with Gasteiger partial charge < -0.3 is 0 Å². The van der Waals surface area contributed by atoms with Gasteiger partial charge in [-0.1, -0.05) is 24.3 Å². The van der Waals surface area contributed by atoms with E-state index in [0.717, 1.165) is 11.5 Å². The molecule has 0 heterocycles. The lowest BCUT2D eigenvalue weighted by Crippen LogP contribution is -1.83. The highest BCUT2D eigenvalue weighted by molar-refractivity contribution is 5.29. The van der Waals surface area contributed by atoms with E-state index in [-0.39, 0.29) is 0 Å². The normalized spacial score (nSPS) is 15.6. The molecule has 0 unspecified atom stereocenters. The zero-order valence-electron chi connectivity index (χ0n) is 6.96. The Morgan fingerprint density at radius 2 is 1.92 bits per heavy atom. The van der Waals surface area contributed by atoms with Gasteiger partial charge in [-0.15, -0.1) is 0 Å². The molecule has 0 aromatic heterocycles. The van der Waals surface area contributed by atoms with Crippen LogP contribution in [-0.4, -0.2) is 0 Å². The molecule has 2 rings (SSSR count). The van der Waals surface area contributed by atoms with Gasteiger partial charge in [-0.05, 0) is 29.9 Å². The fourth-order valence-electron chi connectivity index (χ4n) is 1.42.